The molecule has 2 N–H and O–H groups in total. The van der Waals surface area contributed by atoms with Crippen molar-refractivity contribution in [3.63, 3.8) is 0 Å². The van der Waals surface area contributed by atoms with Crippen molar-refractivity contribution in [1.29, 1.82) is 0 Å². The van der Waals surface area contributed by atoms with E-state index in [4.69, 9.17) is 0 Å². The van der Waals surface area contributed by atoms with Crippen LogP contribution in [0.4, 0.5) is 4.39 Å². The second-order valence-electron chi connectivity index (χ2n) is 4.72. The molecule has 5 heteroatoms. The van der Waals surface area contributed by atoms with Gasteiger partial charge in [-0.2, -0.15) is 0 Å². The highest BCUT2D eigenvalue weighted by Crippen LogP contribution is 2.03. The van der Waals surface area contributed by atoms with Crippen LogP contribution in [0, 0.1) is 5.82 Å². The summed E-state index contributed by atoms with van der Waals surface area (Å²) in [6, 6.07) is 16.8. The zero-order chi connectivity index (χ0) is 14.9. The van der Waals surface area contributed by atoms with Gasteiger partial charge in [0.25, 0.3) is 0 Å². The van der Waals surface area contributed by atoms with Crippen molar-refractivity contribution in [2.45, 2.75) is 13.0 Å². The fourth-order valence-corrected chi connectivity index (χ4v) is 2.02. The van der Waals surface area contributed by atoms with E-state index in [1.807, 2.05) is 24.3 Å². The Morgan fingerprint density at radius 1 is 1.00 bits per heavy atom. The minimum absolute atomic E-state index is 0. The van der Waals surface area contributed by atoms with Crippen LogP contribution in [-0.2, 0) is 13.0 Å². The lowest BCUT2D eigenvalue weighted by atomic mass is 10.1. The van der Waals surface area contributed by atoms with Crippen molar-refractivity contribution in [2.24, 2.45) is 4.99 Å². The highest BCUT2D eigenvalue weighted by atomic mass is 127. The van der Waals surface area contributed by atoms with Crippen LogP contribution in [0.5, 0.6) is 0 Å². The van der Waals surface area contributed by atoms with Crippen molar-refractivity contribution in [1.82, 2.24) is 10.6 Å². The molecule has 0 spiro atoms. The van der Waals surface area contributed by atoms with Gasteiger partial charge in [-0.15, -0.1) is 24.0 Å². The quantitative estimate of drug-likeness (QED) is 0.448. The minimum Gasteiger partial charge on any atom is -0.356 e. The number of nitrogens with one attached hydrogen (secondary N) is 2. The first-order chi connectivity index (χ1) is 10.3. The maximum Gasteiger partial charge on any atom is 0.191 e. The van der Waals surface area contributed by atoms with E-state index in [0.29, 0.717) is 6.54 Å². The smallest absolute Gasteiger partial charge is 0.191 e. The van der Waals surface area contributed by atoms with Gasteiger partial charge < -0.3 is 10.6 Å². The Kier molecular flexibility index (Phi) is 8.50. The molecule has 3 nitrogen and oxygen atoms in total. The first-order valence-corrected chi connectivity index (χ1v) is 7.01. The van der Waals surface area contributed by atoms with E-state index >= 15 is 0 Å². The Morgan fingerprint density at radius 2 is 1.73 bits per heavy atom. The fraction of sp³-hybridized carbons (Fsp3) is 0.235. The van der Waals surface area contributed by atoms with Gasteiger partial charge in [-0.3, -0.25) is 4.99 Å². The molecule has 0 bridgehead atoms. The van der Waals surface area contributed by atoms with Crippen LogP contribution >= 0.6 is 24.0 Å². The zero-order valence-corrected chi connectivity index (χ0v) is 14.9. The topological polar surface area (TPSA) is 36.4 Å². The van der Waals surface area contributed by atoms with Gasteiger partial charge in [-0.1, -0.05) is 42.5 Å². The van der Waals surface area contributed by atoms with Gasteiger partial charge >= 0.3 is 0 Å². The maximum absolute atomic E-state index is 13.1. The molecule has 0 heterocycles. The molecule has 0 fully saturated rings. The summed E-state index contributed by atoms with van der Waals surface area (Å²) in [6.45, 7) is 1.43. The summed E-state index contributed by atoms with van der Waals surface area (Å²) in [5.74, 6) is 0.550. The predicted molar refractivity (Wildman–Crippen MR) is 100 cm³/mol. The molecule has 0 atom stereocenters. The summed E-state index contributed by atoms with van der Waals surface area (Å²) in [4.78, 5) is 4.17. The Labute approximate surface area is 148 Å². The van der Waals surface area contributed by atoms with Gasteiger partial charge in [0, 0.05) is 20.1 Å². The highest BCUT2D eigenvalue weighted by Gasteiger charge is 1.99. The molecule has 0 aromatic heterocycles. The largest absolute Gasteiger partial charge is 0.356 e. The van der Waals surface area contributed by atoms with Crippen molar-refractivity contribution >= 4 is 29.9 Å². The molecule has 0 unspecified atom stereocenters. The van der Waals surface area contributed by atoms with E-state index in [9.17, 15) is 4.39 Å². The fourth-order valence-electron chi connectivity index (χ4n) is 2.02. The first-order valence-electron chi connectivity index (χ1n) is 7.01. The van der Waals surface area contributed by atoms with Gasteiger partial charge in [-0.25, -0.2) is 4.39 Å². The van der Waals surface area contributed by atoms with Gasteiger partial charge in [-0.05, 0) is 29.7 Å². The molecule has 0 radical (unpaired) electrons. The number of benzene rings is 2. The monoisotopic (exact) mass is 413 g/mol. The van der Waals surface area contributed by atoms with Crippen molar-refractivity contribution in [2.75, 3.05) is 13.6 Å². The van der Waals surface area contributed by atoms with Crippen molar-refractivity contribution < 1.29 is 4.39 Å². The molecule has 0 aliphatic rings. The molecule has 2 rings (SSSR count). The molecule has 0 amide bonds. The van der Waals surface area contributed by atoms with E-state index in [-0.39, 0.29) is 29.8 Å². The van der Waals surface area contributed by atoms with E-state index in [0.717, 1.165) is 24.5 Å². The standard InChI is InChI=1S/C17H20FN3.HI/c1-19-17(21-13-15-6-3-2-4-7-15)20-11-10-14-8-5-9-16(18)12-14;/h2-9,12H,10-11,13H2,1H3,(H2,19,20,21);1H. The summed E-state index contributed by atoms with van der Waals surface area (Å²) in [5, 5.41) is 6.47. The summed E-state index contributed by atoms with van der Waals surface area (Å²) < 4.78 is 13.1. The minimum atomic E-state index is -0.195. The number of nitrogens with zero attached hydrogens (tertiary/aromatic N) is 1. The van der Waals surface area contributed by atoms with E-state index in [1.54, 1.807) is 19.2 Å². The van der Waals surface area contributed by atoms with Crippen LogP contribution in [0.25, 0.3) is 0 Å². The average molecular weight is 413 g/mol. The lowest BCUT2D eigenvalue weighted by Crippen LogP contribution is -2.37. The second-order valence-corrected chi connectivity index (χ2v) is 4.72. The number of rotatable bonds is 5. The SMILES string of the molecule is CN=C(NCCc1cccc(F)c1)NCc1ccccc1.I. The van der Waals surface area contributed by atoms with Crippen LogP contribution in [0.1, 0.15) is 11.1 Å². The third-order valence-corrected chi connectivity index (χ3v) is 3.12. The molecule has 2 aromatic rings. The summed E-state index contributed by atoms with van der Waals surface area (Å²) in [7, 11) is 1.74. The molecule has 0 saturated carbocycles. The van der Waals surface area contributed by atoms with Crippen LogP contribution in [0.3, 0.4) is 0 Å². The van der Waals surface area contributed by atoms with Crippen LogP contribution < -0.4 is 10.6 Å². The number of hydrogen-bond donors (Lipinski definition) is 2. The number of aliphatic imine (C=N–C) groups is 1. The van der Waals surface area contributed by atoms with Gasteiger partial charge in [0.15, 0.2) is 5.96 Å². The van der Waals surface area contributed by atoms with Crippen molar-refractivity contribution in [3.8, 4) is 0 Å². The summed E-state index contributed by atoms with van der Waals surface area (Å²) >= 11 is 0. The number of halogens is 2. The molecule has 0 aliphatic carbocycles. The van der Waals surface area contributed by atoms with Crippen LogP contribution in [-0.4, -0.2) is 19.6 Å². The summed E-state index contributed by atoms with van der Waals surface area (Å²) in [6.07, 6.45) is 0.754. The lowest BCUT2D eigenvalue weighted by molar-refractivity contribution is 0.625. The maximum atomic E-state index is 13.1. The van der Waals surface area contributed by atoms with E-state index in [2.05, 4.69) is 27.8 Å². The average Bonchev–Trinajstić information content (AvgIpc) is 2.52. The molecule has 118 valence electrons. The Morgan fingerprint density at radius 3 is 2.41 bits per heavy atom. The Balaban J connectivity index is 0.00000242. The zero-order valence-electron chi connectivity index (χ0n) is 12.6. The highest BCUT2D eigenvalue weighted by molar-refractivity contribution is 14.0. The Bertz CT molecular complexity index is 587. The van der Waals surface area contributed by atoms with Gasteiger partial charge in [0.2, 0.25) is 0 Å². The third-order valence-electron chi connectivity index (χ3n) is 3.12. The van der Waals surface area contributed by atoms with E-state index in [1.165, 1.54) is 11.6 Å². The molecule has 0 saturated heterocycles. The normalized spacial score (nSPS) is 10.7. The first kappa shape index (κ1) is 18.4. The Hall–Kier alpha value is -1.63. The third kappa shape index (κ3) is 6.43. The van der Waals surface area contributed by atoms with Crippen LogP contribution in [0.2, 0.25) is 0 Å². The lowest BCUT2D eigenvalue weighted by Gasteiger charge is -2.12. The number of guanidine groups is 1. The molecule has 0 aliphatic heterocycles. The molecule has 22 heavy (non-hydrogen) atoms. The molecular formula is C17H21FIN3. The van der Waals surface area contributed by atoms with Crippen LogP contribution in [0.15, 0.2) is 59.6 Å². The molecule has 2 aromatic carbocycles. The second kappa shape index (κ2) is 10.2. The predicted octanol–water partition coefficient (Wildman–Crippen LogP) is 3.35. The van der Waals surface area contributed by atoms with Crippen molar-refractivity contribution in [3.05, 3.63) is 71.5 Å². The van der Waals surface area contributed by atoms with Gasteiger partial charge in [0.05, 0.1) is 0 Å². The number of hydrogen-bond acceptors (Lipinski definition) is 1. The molecular weight excluding hydrogens is 392 g/mol. The summed E-state index contributed by atoms with van der Waals surface area (Å²) in [5.41, 5.74) is 2.17. The van der Waals surface area contributed by atoms with E-state index < -0.39 is 0 Å². The van der Waals surface area contributed by atoms with Gasteiger partial charge in [0.1, 0.15) is 5.82 Å².